The van der Waals surface area contributed by atoms with Crippen LogP contribution in [0.4, 0.5) is 11.4 Å². The Morgan fingerprint density at radius 2 is 1.94 bits per heavy atom. The molecule has 0 bridgehead atoms. The third-order valence-electron chi connectivity index (χ3n) is 2.97. The number of nitrogens with zero attached hydrogens (tertiary/aromatic N) is 1. The maximum absolute atomic E-state index is 11.6. The van der Waals surface area contributed by atoms with Crippen molar-refractivity contribution in [3.63, 3.8) is 0 Å². The highest BCUT2D eigenvalue weighted by molar-refractivity contribution is 7.71. The molecule has 0 heterocycles. The highest BCUT2D eigenvalue weighted by Gasteiger charge is 2.19. The molecule has 0 amide bonds. The molecule has 3 nitrogen and oxygen atoms in total. The molecule has 1 rings (SSSR count). The fourth-order valence-corrected chi connectivity index (χ4v) is 2.33. The van der Waals surface area contributed by atoms with E-state index < -0.39 is 0 Å². The van der Waals surface area contributed by atoms with Gasteiger partial charge in [0.25, 0.3) is 0 Å². The number of hydrogen-bond acceptors (Lipinski definition) is 4. The van der Waals surface area contributed by atoms with Crippen molar-refractivity contribution in [1.82, 2.24) is 0 Å². The average Bonchev–Trinajstić information content (AvgIpc) is 2.33. The lowest BCUT2D eigenvalue weighted by atomic mass is 10.1. The van der Waals surface area contributed by atoms with E-state index in [4.69, 9.17) is 12.2 Å². The molecule has 0 spiro atoms. The van der Waals surface area contributed by atoms with Crippen LogP contribution in [0.5, 0.6) is 0 Å². The van der Waals surface area contributed by atoms with Crippen molar-refractivity contribution in [3.8, 4) is 0 Å². The summed E-state index contributed by atoms with van der Waals surface area (Å²) < 4.78 is 0.485. The molecule has 4 heteroatoms. The van der Waals surface area contributed by atoms with Crippen LogP contribution in [0.15, 0.2) is 4.79 Å². The first-order chi connectivity index (χ1) is 8.13. The Morgan fingerprint density at radius 1 is 1.24 bits per heavy atom. The molecular formula is C13H22N2OS. The summed E-state index contributed by atoms with van der Waals surface area (Å²) in [5.74, 6) is 0. The minimum absolute atomic E-state index is 0.00254. The third kappa shape index (κ3) is 3.28. The predicted molar refractivity (Wildman–Crippen MR) is 77.5 cm³/mol. The second-order valence-corrected chi connectivity index (χ2v) is 4.80. The molecule has 0 unspecified atom stereocenters. The molecule has 0 radical (unpaired) electrons. The smallest absolute Gasteiger partial charge is 0.223 e. The van der Waals surface area contributed by atoms with E-state index in [1.807, 2.05) is 14.0 Å². The van der Waals surface area contributed by atoms with Gasteiger partial charge in [-0.2, -0.15) is 0 Å². The Morgan fingerprint density at radius 3 is 2.53 bits per heavy atom. The first-order valence-corrected chi connectivity index (χ1v) is 6.82. The van der Waals surface area contributed by atoms with Crippen LogP contribution in [0, 0.1) is 4.51 Å². The van der Waals surface area contributed by atoms with Crippen LogP contribution in [-0.4, -0.2) is 20.1 Å². The molecule has 1 N–H and O–H groups in total. The molecular weight excluding hydrogens is 232 g/mol. The van der Waals surface area contributed by atoms with Gasteiger partial charge in [-0.05, 0) is 13.3 Å². The lowest BCUT2D eigenvalue weighted by Crippen LogP contribution is -2.29. The molecule has 0 saturated heterocycles. The van der Waals surface area contributed by atoms with Gasteiger partial charge in [-0.3, -0.25) is 4.79 Å². The molecule has 0 saturated carbocycles. The van der Waals surface area contributed by atoms with Crippen molar-refractivity contribution in [3.05, 3.63) is 14.7 Å². The Balaban J connectivity index is 2.57. The highest BCUT2D eigenvalue weighted by Crippen LogP contribution is 2.26. The Kier molecular flexibility index (Phi) is 5.62. The van der Waals surface area contributed by atoms with Gasteiger partial charge in [0, 0.05) is 20.1 Å². The standard InChI is InChI=1S/C13H22N2OS/c1-4-6-7-8-9-15(3)11-10(14-5-2)12(16)13(11)17/h14H,4-9H2,1-3H3. The molecule has 0 aliphatic carbocycles. The summed E-state index contributed by atoms with van der Waals surface area (Å²) in [6.45, 7) is 5.92. The summed E-state index contributed by atoms with van der Waals surface area (Å²) in [4.78, 5) is 13.7. The Bertz CT molecular complexity index is 421. The number of hydrogen-bond donors (Lipinski definition) is 1. The highest BCUT2D eigenvalue weighted by atomic mass is 32.1. The third-order valence-corrected chi connectivity index (χ3v) is 3.35. The summed E-state index contributed by atoms with van der Waals surface area (Å²) in [6, 6.07) is 0. The van der Waals surface area contributed by atoms with Crippen LogP contribution in [0.3, 0.4) is 0 Å². The summed E-state index contributed by atoms with van der Waals surface area (Å²) in [5.41, 5.74) is 1.64. The van der Waals surface area contributed by atoms with Crippen molar-refractivity contribution in [1.29, 1.82) is 0 Å². The molecule has 1 aromatic carbocycles. The molecule has 0 aliphatic rings. The predicted octanol–water partition coefficient (Wildman–Crippen LogP) is 3.10. The first kappa shape index (κ1) is 14.2. The molecule has 96 valence electrons. The van der Waals surface area contributed by atoms with Gasteiger partial charge >= 0.3 is 0 Å². The summed E-state index contributed by atoms with van der Waals surface area (Å²) in [6.07, 6.45) is 4.91. The van der Waals surface area contributed by atoms with Crippen molar-refractivity contribution in [2.24, 2.45) is 0 Å². The molecule has 17 heavy (non-hydrogen) atoms. The van der Waals surface area contributed by atoms with Gasteiger partial charge in [0.1, 0.15) is 10.2 Å². The fraction of sp³-hybridized carbons (Fsp3) is 0.692. The number of rotatable bonds is 8. The van der Waals surface area contributed by atoms with Crippen LogP contribution >= 0.6 is 12.2 Å². The molecule has 0 fully saturated rings. The Labute approximate surface area is 109 Å². The van der Waals surface area contributed by atoms with E-state index in [9.17, 15) is 4.79 Å². The molecule has 0 aromatic heterocycles. The molecule has 0 atom stereocenters. The van der Waals surface area contributed by atoms with Crippen molar-refractivity contribution < 1.29 is 0 Å². The van der Waals surface area contributed by atoms with E-state index in [1.54, 1.807) is 0 Å². The van der Waals surface area contributed by atoms with Crippen molar-refractivity contribution in [2.45, 2.75) is 39.5 Å². The zero-order valence-electron chi connectivity index (χ0n) is 11.0. The minimum atomic E-state index is -0.00254. The van der Waals surface area contributed by atoms with Crippen molar-refractivity contribution in [2.75, 3.05) is 30.4 Å². The van der Waals surface area contributed by atoms with E-state index in [-0.39, 0.29) is 5.43 Å². The van der Waals surface area contributed by atoms with Crippen molar-refractivity contribution >= 4 is 23.6 Å². The largest absolute Gasteiger partial charge is 0.380 e. The van der Waals surface area contributed by atoms with Crippen LogP contribution in [-0.2, 0) is 0 Å². The number of unbranched alkanes of at least 4 members (excludes halogenated alkanes) is 3. The van der Waals surface area contributed by atoms with Gasteiger partial charge in [-0.25, -0.2) is 0 Å². The van der Waals surface area contributed by atoms with E-state index in [0.29, 0.717) is 10.2 Å². The first-order valence-electron chi connectivity index (χ1n) is 6.41. The van der Waals surface area contributed by atoms with E-state index >= 15 is 0 Å². The zero-order chi connectivity index (χ0) is 12.8. The van der Waals surface area contributed by atoms with Crippen LogP contribution < -0.4 is 15.6 Å². The molecule has 1 aromatic rings. The summed E-state index contributed by atoms with van der Waals surface area (Å²) in [7, 11) is 2.01. The maximum atomic E-state index is 11.6. The second kappa shape index (κ2) is 6.74. The zero-order valence-corrected chi connectivity index (χ0v) is 11.8. The maximum Gasteiger partial charge on any atom is 0.223 e. The average molecular weight is 254 g/mol. The fourth-order valence-electron chi connectivity index (χ4n) is 1.97. The number of nitrogens with one attached hydrogen (secondary N) is 1. The number of anilines is 2. The van der Waals surface area contributed by atoms with Gasteiger partial charge in [0.05, 0.1) is 5.69 Å². The Hall–Kier alpha value is -0.900. The van der Waals surface area contributed by atoms with Gasteiger partial charge in [0.2, 0.25) is 5.43 Å². The van der Waals surface area contributed by atoms with Gasteiger partial charge in [-0.1, -0.05) is 38.4 Å². The SMILES string of the molecule is CCCCCCN(C)c1c(NCC)c(=O)c1=S. The van der Waals surface area contributed by atoms with E-state index in [2.05, 4.69) is 17.1 Å². The van der Waals surface area contributed by atoms with E-state index in [0.717, 1.165) is 25.2 Å². The summed E-state index contributed by atoms with van der Waals surface area (Å²) >= 11 is 5.11. The lowest BCUT2D eigenvalue weighted by Gasteiger charge is -2.24. The minimum Gasteiger partial charge on any atom is -0.380 e. The van der Waals surface area contributed by atoms with Crippen LogP contribution in [0.1, 0.15) is 39.5 Å². The van der Waals surface area contributed by atoms with E-state index in [1.165, 1.54) is 19.3 Å². The van der Waals surface area contributed by atoms with Gasteiger partial charge in [-0.15, -0.1) is 0 Å². The normalized spacial score (nSPS) is 10.8. The lowest BCUT2D eigenvalue weighted by molar-refractivity contribution is 0.660. The topological polar surface area (TPSA) is 32.3 Å². The summed E-state index contributed by atoms with van der Waals surface area (Å²) in [5, 5.41) is 3.10. The van der Waals surface area contributed by atoms with Gasteiger partial charge < -0.3 is 10.2 Å². The second-order valence-electron chi connectivity index (χ2n) is 4.39. The van der Waals surface area contributed by atoms with Crippen LogP contribution in [0.2, 0.25) is 0 Å². The van der Waals surface area contributed by atoms with Crippen LogP contribution in [0.25, 0.3) is 0 Å². The van der Waals surface area contributed by atoms with Gasteiger partial charge in [0.15, 0.2) is 0 Å². The quantitative estimate of drug-likeness (QED) is 0.571. The monoisotopic (exact) mass is 254 g/mol. The molecule has 0 aliphatic heterocycles.